The van der Waals surface area contributed by atoms with Crippen LogP contribution in [0, 0.1) is 15.9 Å². The minimum Gasteiger partial charge on any atom is -0.338 e. The van der Waals surface area contributed by atoms with Crippen molar-refractivity contribution in [1.29, 1.82) is 0 Å². The number of para-hydroxylation sites is 1. The van der Waals surface area contributed by atoms with Gasteiger partial charge in [0.2, 0.25) is 0 Å². The van der Waals surface area contributed by atoms with Crippen molar-refractivity contribution in [2.75, 3.05) is 11.9 Å². The van der Waals surface area contributed by atoms with Gasteiger partial charge >= 0.3 is 6.03 Å². The molecule has 0 heterocycles. The standard InChI is InChI=1S/C10H12FN3O3/c1-2-6-12-10(15)13-9-7(11)4-3-5-8(9)14(16)17/h3-5H,2,6H2,1H3,(H2,12,13,15). The number of nitro benzene ring substituents is 1. The molecule has 0 atom stereocenters. The molecule has 0 aliphatic rings. The number of halogens is 1. The molecule has 0 spiro atoms. The topological polar surface area (TPSA) is 84.3 Å². The molecule has 0 fully saturated rings. The van der Waals surface area contributed by atoms with Crippen LogP contribution in [0.15, 0.2) is 18.2 Å². The van der Waals surface area contributed by atoms with Gasteiger partial charge in [-0.1, -0.05) is 13.0 Å². The number of anilines is 1. The molecule has 0 saturated heterocycles. The van der Waals surface area contributed by atoms with Gasteiger partial charge in [0.15, 0.2) is 11.5 Å². The first-order valence-electron chi connectivity index (χ1n) is 5.04. The second kappa shape index (κ2) is 5.78. The van der Waals surface area contributed by atoms with Crippen LogP contribution >= 0.6 is 0 Å². The van der Waals surface area contributed by atoms with E-state index >= 15 is 0 Å². The lowest BCUT2D eigenvalue weighted by atomic mass is 10.2. The fourth-order valence-electron chi connectivity index (χ4n) is 1.18. The zero-order valence-corrected chi connectivity index (χ0v) is 9.20. The highest BCUT2D eigenvalue weighted by Gasteiger charge is 2.19. The zero-order chi connectivity index (χ0) is 12.8. The van der Waals surface area contributed by atoms with Crippen LogP contribution < -0.4 is 10.6 Å². The smallest absolute Gasteiger partial charge is 0.319 e. The molecule has 0 aliphatic heterocycles. The number of carbonyl (C=O) groups is 1. The van der Waals surface area contributed by atoms with Crippen molar-refractivity contribution in [3.8, 4) is 0 Å². The maximum absolute atomic E-state index is 13.3. The Morgan fingerprint density at radius 3 is 2.82 bits per heavy atom. The average Bonchev–Trinajstić information content (AvgIpc) is 2.28. The summed E-state index contributed by atoms with van der Waals surface area (Å²) in [4.78, 5) is 21.2. The Morgan fingerprint density at radius 1 is 1.53 bits per heavy atom. The third-order valence-corrected chi connectivity index (χ3v) is 1.96. The molecule has 92 valence electrons. The first kappa shape index (κ1) is 12.9. The molecule has 1 aromatic rings. The molecule has 2 amide bonds. The van der Waals surface area contributed by atoms with Crippen molar-refractivity contribution in [2.24, 2.45) is 0 Å². The predicted molar refractivity (Wildman–Crippen MR) is 60.4 cm³/mol. The third-order valence-electron chi connectivity index (χ3n) is 1.96. The summed E-state index contributed by atoms with van der Waals surface area (Å²) in [6.45, 7) is 2.26. The van der Waals surface area contributed by atoms with Crippen LogP contribution in [0.25, 0.3) is 0 Å². The SMILES string of the molecule is CCCNC(=O)Nc1c(F)cccc1[N+](=O)[O-]. The van der Waals surface area contributed by atoms with E-state index < -0.39 is 28.1 Å². The number of nitro groups is 1. The second-order valence-corrected chi connectivity index (χ2v) is 3.27. The summed E-state index contributed by atoms with van der Waals surface area (Å²) in [5.74, 6) is -0.842. The van der Waals surface area contributed by atoms with Gasteiger partial charge in [-0.3, -0.25) is 15.4 Å². The summed E-state index contributed by atoms with van der Waals surface area (Å²) >= 11 is 0. The summed E-state index contributed by atoms with van der Waals surface area (Å²) in [6.07, 6.45) is 0.715. The van der Waals surface area contributed by atoms with Gasteiger partial charge in [0.25, 0.3) is 5.69 Å². The Kier molecular flexibility index (Phi) is 4.38. The van der Waals surface area contributed by atoms with E-state index in [1.807, 2.05) is 6.92 Å². The Morgan fingerprint density at radius 2 is 2.24 bits per heavy atom. The molecule has 0 unspecified atom stereocenters. The summed E-state index contributed by atoms with van der Waals surface area (Å²) in [5.41, 5.74) is -0.900. The van der Waals surface area contributed by atoms with E-state index in [0.29, 0.717) is 13.0 Å². The summed E-state index contributed by atoms with van der Waals surface area (Å²) in [6, 6.07) is 2.71. The van der Waals surface area contributed by atoms with Crippen LogP contribution in [0.3, 0.4) is 0 Å². The zero-order valence-electron chi connectivity index (χ0n) is 9.20. The van der Waals surface area contributed by atoms with Crippen LogP contribution in [0.2, 0.25) is 0 Å². The number of hydrogen-bond acceptors (Lipinski definition) is 3. The number of urea groups is 1. The molecule has 0 bridgehead atoms. The second-order valence-electron chi connectivity index (χ2n) is 3.27. The van der Waals surface area contributed by atoms with E-state index in [9.17, 15) is 19.3 Å². The van der Waals surface area contributed by atoms with E-state index in [1.165, 1.54) is 6.07 Å². The van der Waals surface area contributed by atoms with E-state index in [-0.39, 0.29) is 0 Å². The van der Waals surface area contributed by atoms with Crippen LogP contribution in [0.5, 0.6) is 0 Å². The number of nitrogens with one attached hydrogen (secondary N) is 2. The first-order valence-corrected chi connectivity index (χ1v) is 5.04. The maximum Gasteiger partial charge on any atom is 0.319 e. The Hall–Kier alpha value is -2.18. The number of carbonyl (C=O) groups excluding carboxylic acids is 1. The van der Waals surface area contributed by atoms with Crippen molar-refractivity contribution >= 4 is 17.4 Å². The first-order chi connectivity index (χ1) is 8.06. The molecule has 1 aromatic carbocycles. The Bertz CT molecular complexity index is 437. The fraction of sp³-hybridized carbons (Fsp3) is 0.300. The Labute approximate surface area is 97.0 Å². The molecule has 0 aromatic heterocycles. The van der Waals surface area contributed by atoms with Gasteiger partial charge in [-0.2, -0.15) is 0 Å². The summed E-state index contributed by atoms with van der Waals surface area (Å²) in [7, 11) is 0. The summed E-state index contributed by atoms with van der Waals surface area (Å²) in [5, 5.41) is 15.2. The minimum absolute atomic E-state index is 0.411. The number of benzene rings is 1. The lowest BCUT2D eigenvalue weighted by Gasteiger charge is -2.07. The molecule has 17 heavy (non-hydrogen) atoms. The molecular formula is C10H12FN3O3. The number of amides is 2. The molecular weight excluding hydrogens is 229 g/mol. The molecule has 1 rings (SSSR count). The maximum atomic E-state index is 13.3. The quantitative estimate of drug-likeness (QED) is 0.626. The van der Waals surface area contributed by atoms with Crippen LogP contribution in [0.4, 0.5) is 20.6 Å². The van der Waals surface area contributed by atoms with Crippen LogP contribution in [0.1, 0.15) is 13.3 Å². The van der Waals surface area contributed by atoms with Gasteiger partial charge in [-0.15, -0.1) is 0 Å². The van der Waals surface area contributed by atoms with Gasteiger partial charge in [0.1, 0.15) is 0 Å². The van der Waals surface area contributed by atoms with Gasteiger partial charge < -0.3 is 5.32 Å². The normalized spacial score (nSPS) is 9.76. The van der Waals surface area contributed by atoms with Crippen molar-refractivity contribution in [2.45, 2.75) is 13.3 Å². The lowest BCUT2D eigenvalue weighted by molar-refractivity contribution is -0.384. The number of nitrogens with zero attached hydrogens (tertiary/aromatic N) is 1. The van der Waals surface area contributed by atoms with Crippen molar-refractivity contribution in [1.82, 2.24) is 5.32 Å². The van der Waals surface area contributed by atoms with Crippen molar-refractivity contribution in [3.05, 3.63) is 34.1 Å². The number of hydrogen-bond donors (Lipinski definition) is 2. The van der Waals surface area contributed by atoms with Gasteiger partial charge in [0.05, 0.1) is 4.92 Å². The van der Waals surface area contributed by atoms with E-state index in [4.69, 9.17) is 0 Å². The minimum atomic E-state index is -0.842. The highest BCUT2D eigenvalue weighted by molar-refractivity contribution is 5.91. The van der Waals surface area contributed by atoms with Gasteiger partial charge in [0, 0.05) is 12.6 Å². The van der Waals surface area contributed by atoms with E-state index in [0.717, 1.165) is 12.1 Å². The van der Waals surface area contributed by atoms with Crippen molar-refractivity contribution in [3.63, 3.8) is 0 Å². The average molecular weight is 241 g/mol. The van der Waals surface area contributed by atoms with Crippen molar-refractivity contribution < 1.29 is 14.1 Å². The van der Waals surface area contributed by atoms with Gasteiger partial charge in [-0.05, 0) is 12.5 Å². The van der Waals surface area contributed by atoms with Crippen LogP contribution in [-0.2, 0) is 0 Å². The summed E-state index contributed by atoms with van der Waals surface area (Å²) < 4.78 is 13.3. The highest BCUT2D eigenvalue weighted by Crippen LogP contribution is 2.26. The van der Waals surface area contributed by atoms with Gasteiger partial charge in [-0.25, -0.2) is 9.18 Å². The molecule has 0 saturated carbocycles. The molecule has 7 heteroatoms. The third kappa shape index (κ3) is 3.40. The highest BCUT2D eigenvalue weighted by atomic mass is 19.1. The predicted octanol–water partition coefficient (Wildman–Crippen LogP) is 2.27. The Balaban J connectivity index is 2.89. The monoisotopic (exact) mass is 241 g/mol. The number of rotatable bonds is 4. The molecule has 0 aliphatic carbocycles. The fourth-order valence-corrected chi connectivity index (χ4v) is 1.18. The van der Waals surface area contributed by atoms with E-state index in [1.54, 1.807) is 0 Å². The molecule has 2 N–H and O–H groups in total. The molecule has 0 radical (unpaired) electrons. The lowest BCUT2D eigenvalue weighted by Crippen LogP contribution is -2.29. The molecule has 6 nitrogen and oxygen atoms in total. The van der Waals surface area contributed by atoms with E-state index in [2.05, 4.69) is 10.6 Å². The largest absolute Gasteiger partial charge is 0.338 e. The van der Waals surface area contributed by atoms with Crippen LogP contribution in [-0.4, -0.2) is 17.5 Å².